The third-order valence-electron chi connectivity index (χ3n) is 5.81. The first kappa shape index (κ1) is 24.1. The van der Waals surface area contributed by atoms with Gasteiger partial charge in [-0.25, -0.2) is 0 Å². The second kappa shape index (κ2) is 13.0. The highest BCUT2D eigenvalue weighted by molar-refractivity contribution is 5.14. The van der Waals surface area contributed by atoms with Gasteiger partial charge in [0.25, 0.3) is 0 Å². The van der Waals surface area contributed by atoms with Crippen molar-refractivity contribution in [2.45, 2.75) is 56.8 Å². The van der Waals surface area contributed by atoms with Crippen molar-refractivity contribution in [3.8, 4) is 0 Å². The minimum Gasteiger partial charge on any atom is -0.374 e. The molecule has 33 heavy (non-hydrogen) atoms. The summed E-state index contributed by atoms with van der Waals surface area (Å²) in [6.07, 6.45) is 1.84. The van der Waals surface area contributed by atoms with Crippen molar-refractivity contribution >= 4 is 0 Å². The summed E-state index contributed by atoms with van der Waals surface area (Å²) in [6, 6.07) is 20.2. The molecule has 6 nitrogen and oxygen atoms in total. The molecule has 2 fully saturated rings. The molecular formula is C27H34O6. The maximum atomic E-state index is 6.37. The first-order valence-electron chi connectivity index (χ1n) is 11.7. The highest BCUT2D eigenvalue weighted by atomic mass is 16.7. The molecule has 2 aromatic rings. The summed E-state index contributed by atoms with van der Waals surface area (Å²) in [5.74, 6) is 0. The van der Waals surface area contributed by atoms with Crippen LogP contribution in [0.2, 0.25) is 0 Å². The van der Waals surface area contributed by atoms with Gasteiger partial charge in [-0.1, -0.05) is 66.7 Å². The Labute approximate surface area is 196 Å². The third-order valence-corrected chi connectivity index (χ3v) is 5.81. The summed E-state index contributed by atoms with van der Waals surface area (Å²) in [7, 11) is 0. The van der Waals surface area contributed by atoms with Gasteiger partial charge in [-0.2, -0.15) is 0 Å². The van der Waals surface area contributed by atoms with Crippen LogP contribution in [0.25, 0.3) is 0 Å². The molecule has 0 aromatic heterocycles. The molecule has 0 amide bonds. The second-order valence-electron chi connectivity index (χ2n) is 8.28. The highest BCUT2D eigenvalue weighted by Gasteiger charge is 2.50. The summed E-state index contributed by atoms with van der Waals surface area (Å²) in [5, 5.41) is 0. The van der Waals surface area contributed by atoms with E-state index in [1.165, 1.54) is 0 Å². The van der Waals surface area contributed by atoms with E-state index in [9.17, 15) is 0 Å². The zero-order valence-corrected chi connectivity index (χ0v) is 19.1. The fourth-order valence-corrected chi connectivity index (χ4v) is 4.14. The van der Waals surface area contributed by atoms with E-state index in [2.05, 4.69) is 6.58 Å². The van der Waals surface area contributed by atoms with Crippen LogP contribution in [0, 0.1) is 0 Å². The Morgan fingerprint density at radius 2 is 1.52 bits per heavy atom. The van der Waals surface area contributed by atoms with Crippen molar-refractivity contribution in [3.05, 3.63) is 84.4 Å². The lowest BCUT2D eigenvalue weighted by atomic mass is 9.97. The lowest BCUT2D eigenvalue weighted by Gasteiger charge is -2.47. The van der Waals surface area contributed by atoms with Crippen LogP contribution in [0.5, 0.6) is 0 Å². The smallest absolute Gasteiger partial charge is 0.186 e. The molecule has 0 bridgehead atoms. The Bertz CT molecular complexity index is 814. The average molecular weight is 455 g/mol. The van der Waals surface area contributed by atoms with Gasteiger partial charge in [-0.3, -0.25) is 0 Å². The minimum absolute atomic E-state index is 0.286. The number of hydrogen-bond donors (Lipinski definition) is 0. The number of benzene rings is 2. The monoisotopic (exact) mass is 454 g/mol. The van der Waals surface area contributed by atoms with E-state index in [4.69, 9.17) is 28.4 Å². The zero-order valence-electron chi connectivity index (χ0n) is 19.1. The quantitative estimate of drug-likeness (QED) is 0.353. The number of allylic oxidation sites excluding steroid dienone is 1. The van der Waals surface area contributed by atoms with Gasteiger partial charge in [0.05, 0.1) is 39.6 Å². The molecule has 2 aliphatic rings. The van der Waals surface area contributed by atoms with Gasteiger partial charge in [-0.15, -0.1) is 6.58 Å². The van der Waals surface area contributed by atoms with E-state index >= 15 is 0 Å². The molecule has 2 heterocycles. The standard InChI is InChI=1S/C27H34O6/c1-2-3-10-15-31-27-26-25(29-16-17-30-26)24(32-19-22-13-8-5-9-14-22)23(33-27)20-28-18-21-11-6-4-7-12-21/h2,4-9,11-14,23-27H,1,3,10,15-20H2/t23-,24-,25+,26-,27-/m1/s1. The van der Waals surface area contributed by atoms with Gasteiger partial charge >= 0.3 is 0 Å². The molecule has 0 unspecified atom stereocenters. The molecule has 5 atom stereocenters. The van der Waals surface area contributed by atoms with Crippen LogP contribution in [-0.2, 0) is 41.6 Å². The third kappa shape index (κ3) is 6.96. The number of unbranched alkanes of at least 4 members (excludes halogenated alkanes) is 1. The molecule has 2 aliphatic heterocycles. The Balaban J connectivity index is 1.44. The molecule has 0 radical (unpaired) electrons. The second-order valence-corrected chi connectivity index (χ2v) is 8.28. The molecular weight excluding hydrogens is 420 g/mol. The summed E-state index contributed by atoms with van der Waals surface area (Å²) >= 11 is 0. The molecule has 0 saturated carbocycles. The fraction of sp³-hybridized carbons (Fsp3) is 0.481. The van der Waals surface area contributed by atoms with Crippen molar-refractivity contribution in [1.82, 2.24) is 0 Å². The summed E-state index contributed by atoms with van der Waals surface area (Å²) in [6.45, 7) is 6.70. The van der Waals surface area contributed by atoms with E-state index in [-0.39, 0.29) is 24.4 Å². The van der Waals surface area contributed by atoms with E-state index < -0.39 is 6.29 Å². The molecule has 0 spiro atoms. The molecule has 6 heteroatoms. The molecule has 2 aromatic carbocycles. The lowest BCUT2D eigenvalue weighted by Crippen LogP contribution is -2.63. The normalized spacial score (nSPS) is 27.1. The van der Waals surface area contributed by atoms with Crippen LogP contribution in [0.3, 0.4) is 0 Å². The summed E-state index contributed by atoms with van der Waals surface area (Å²) in [5.41, 5.74) is 2.21. The van der Waals surface area contributed by atoms with Crippen LogP contribution >= 0.6 is 0 Å². The van der Waals surface area contributed by atoms with Crippen LogP contribution < -0.4 is 0 Å². The first-order chi connectivity index (χ1) is 16.3. The van der Waals surface area contributed by atoms with Gasteiger partial charge < -0.3 is 28.4 Å². The topological polar surface area (TPSA) is 55.4 Å². The van der Waals surface area contributed by atoms with Gasteiger partial charge in [0, 0.05) is 0 Å². The fourth-order valence-electron chi connectivity index (χ4n) is 4.14. The van der Waals surface area contributed by atoms with Crippen LogP contribution in [0.4, 0.5) is 0 Å². The highest BCUT2D eigenvalue weighted by Crippen LogP contribution is 2.32. The van der Waals surface area contributed by atoms with Crippen molar-refractivity contribution in [1.29, 1.82) is 0 Å². The number of rotatable bonds is 12. The van der Waals surface area contributed by atoms with E-state index in [0.717, 1.165) is 24.0 Å². The van der Waals surface area contributed by atoms with Crippen molar-refractivity contribution in [3.63, 3.8) is 0 Å². The van der Waals surface area contributed by atoms with Gasteiger partial charge in [0.1, 0.15) is 24.4 Å². The Morgan fingerprint density at radius 1 is 0.848 bits per heavy atom. The largest absolute Gasteiger partial charge is 0.374 e. The average Bonchev–Trinajstić information content (AvgIpc) is 2.87. The SMILES string of the molecule is C=CCCCO[C@@H]1O[C@H](COCc2ccccc2)[C@@H](OCc2ccccc2)[C@@H]2OCCO[C@@H]12. The lowest BCUT2D eigenvalue weighted by molar-refractivity contribution is -0.342. The number of fused-ring (bicyclic) bond motifs is 1. The molecule has 178 valence electrons. The Hall–Kier alpha value is -2.06. The van der Waals surface area contributed by atoms with Crippen LogP contribution in [0.15, 0.2) is 73.3 Å². The van der Waals surface area contributed by atoms with Gasteiger partial charge in [-0.05, 0) is 24.0 Å². The summed E-state index contributed by atoms with van der Waals surface area (Å²) in [4.78, 5) is 0. The molecule has 2 saturated heterocycles. The minimum atomic E-state index is -0.526. The Kier molecular flexibility index (Phi) is 9.48. The van der Waals surface area contributed by atoms with E-state index in [0.29, 0.717) is 39.6 Å². The molecule has 0 N–H and O–H groups in total. The predicted octanol–water partition coefficient (Wildman–Crippen LogP) is 4.28. The van der Waals surface area contributed by atoms with E-state index in [1.54, 1.807) is 0 Å². The maximum Gasteiger partial charge on any atom is 0.186 e. The summed E-state index contributed by atoms with van der Waals surface area (Å²) < 4.78 is 37.0. The number of hydrogen-bond acceptors (Lipinski definition) is 6. The number of ether oxygens (including phenoxy) is 6. The van der Waals surface area contributed by atoms with Gasteiger partial charge in [0.2, 0.25) is 0 Å². The van der Waals surface area contributed by atoms with Gasteiger partial charge in [0.15, 0.2) is 6.29 Å². The van der Waals surface area contributed by atoms with Crippen molar-refractivity contribution in [2.24, 2.45) is 0 Å². The zero-order chi connectivity index (χ0) is 22.7. The predicted molar refractivity (Wildman–Crippen MR) is 125 cm³/mol. The van der Waals surface area contributed by atoms with E-state index in [1.807, 2.05) is 66.7 Å². The van der Waals surface area contributed by atoms with Crippen molar-refractivity contribution < 1.29 is 28.4 Å². The van der Waals surface area contributed by atoms with Crippen molar-refractivity contribution in [2.75, 3.05) is 26.4 Å². The maximum absolute atomic E-state index is 6.37. The molecule has 4 rings (SSSR count). The molecule has 0 aliphatic carbocycles. The first-order valence-corrected chi connectivity index (χ1v) is 11.7. The Morgan fingerprint density at radius 3 is 2.21 bits per heavy atom. The van der Waals surface area contributed by atoms with Crippen LogP contribution in [0.1, 0.15) is 24.0 Å². The van der Waals surface area contributed by atoms with Crippen LogP contribution in [-0.4, -0.2) is 57.1 Å².